The van der Waals surface area contributed by atoms with Gasteiger partial charge in [0.1, 0.15) is 6.17 Å². The van der Waals surface area contributed by atoms with Crippen LogP contribution in [-0.4, -0.2) is 23.4 Å². The molecule has 2 unspecified atom stereocenters. The number of hydrogen-bond acceptors (Lipinski definition) is 2. The van der Waals surface area contributed by atoms with Gasteiger partial charge in [0.2, 0.25) is 5.91 Å². The van der Waals surface area contributed by atoms with Gasteiger partial charge in [0.05, 0.1) is 5.54 Å². The van der Waals surface area contributed by atoms with Crippen molar-refractivity contribution in [3.63, 3.8) is 0 Å². The number of aryl methyl sites for hydroxylation is 1. The summed E-state index contributed by atoms with van der Waals surface area (Å²) in [5, 5.41) is 3.45. The first-order valence-corrected chi connectivity index (χ1v) is 6.10. The van der Waals surface area contributed by atoms with E-state index in [2.05, 4.69) is 24.4 Å². The zero-order chi connectivity index (χ0) is 12.6. The van der Waals surface area contributed by atoms with Crippen LogP contribution in [0.5, 0.6) is 0 Å². The minimum atomic E-state index is -0.429. The average molecular weight is 232 g/mol. The standard InChI is InChI=1S/C14H20N2O/c1-5-14(3)13(17)16(4)12(15-14)11-9-7-6-8-10(11)2/h6-9,12,15H,5H2,1-4H3. The Kier molecular flexibility index (Phi) is 2.96. The van der Waals surface area contributed by atoms with E-state index in [9.17, 15) is 4.79 Å². The number of nitrogens with one attached hydrogen (secondary N) is 1. The lowest BCUT2D eigenvalue weighted by Gasteiger charge is -2.22. The van der Waals surface area contributed by atoms with Crippen molar-refractivity contribution in [2.24, 2.45) is 0 Å². The third kappa shape index (κ3) is 1.84. The van der Waals surface area contributed by atoms with Gasteiger partial charge in [-0.15, -0.1) is 0 Å². The van der Waals surface area contributed by atoms with Gasteiger partial charge in [0.15, 0.2) is 0 Å². The summed E-state index contributed by atoms with van der Waals surface area (Å²) in [5.41, 5.74) is 1.97. The van der Waals surface area contributed by atoms with Crippen LogP contribution in [0, 0.1) is 6.92 Å². The van der Waals surface area contributed by atoms with Crippen LogP contribution < -0.4 is 5.32 Å². The molecule has 1 fully saturated rings. The zero-order valence-electron chi connectivity index (χ0n) is 10.9. The van der Waals surface area contributed by atoms with Gasteiger partial charge < -0.3 is 4.90 Å². The lowest BCUT2D eigenvalue weighted by Crippen LogP contribution is -2.42. The first-order chi connectivity index (χ1) is 7.99. The first-order valence-electron chi connectivity index (χ1n) is 6.10. The Labute approximate surface area is 103 Å². The maximum absolute atomic E-state index is 12.2. The maximum atomic E-state index is 12.2. The van der Waals surface area contributed by atoms with E-state index in [1.54, 1.807) is 0 Å². The molecule has 1 aromatic carbocycles. The number of nitrogens with zero attached hydrogens (tertiary/aromatic N) is 1. The van der Waals surface area contributed by atoms with Gasteiger partial charge >= 0.3 is 0 Å². The molecule has 1 aliphatic heterocycles. The molecule has 2 atom stereocenters. The Morgan fingerprint density at radius 2 is 2.06 bits per heavy atom. The average Bonchev–Trinajstić information content (AvgIpc) is 2.56. The molecule has 1 aliphatic rings. The summed E-state index contributed by atoms with van der Waals surface area (Å²) in [5.74, 6) is 0.174. The number of likely N-dealkylation sites (N-methyl/N-ethyl adjacent to an activating group) is 1. The maximum Gasteiger partial charge on any atom is 0.243 e. The summed E-state index contributed by atoms with van der Waals surface area (Å²) >= 11 is 0. The molecular weight excluding hydrogens is 212 g/mol. The van der Waals surface area contributed by atoms with E-state index in [1.807, 2.05) is 37.9 Å². The smallest absolute Gasteiger partial charge is 0.243 e. The second kappa shape index (κ2) is 4.15. The normalized spacial score (nSPS) is 28.8. The summed E-state index contributed by atoms with van der Waals surface area (Å²) in [6.07, 6.45) is 0.798. The van der Waals surface area contributed by atoms with Crippen molar-refractivity contribution in [1.82, 2.24) is 10.2 Å². The Balaban J connectivity index is 2.37. The molecule has 1 amide bonds. The summed E-state index contributed by atoms with van der Waals surface area (Å²) in [6.45, 7) is 6.10. The van der Waals surface area contributed by atoms with E-state index in [1.165, 1.54) is 11.1 Å². The molecule has 2 rings (SSSR count). The Morgan fingerprint density at radius 3 is 2.59 bits per heavy atom. The number of benzene rings is 1. The molecule has 1 N–H and O–H groups in total. The van der Waals surface area contributed by atoms with Crippen molar-refractivity contribution in [3.8, 4) is 0 Å². The third-order valence-corrected chi connectivity index (χ3v) is 3.83. The number of hydrogen-bond donors (Lipinski definition) is 1. The quantitative estimate of drug-likeness (QED) is 0.848. The monoisotopic (exact) mass is 232 g/mol. The van der Waals surface area contributed by atoms with Gasteiger partial charge in [0, 0.05) is 7.05 Å². The lowest BCUT2D eigenvalue weighted by atomic mass is 9.99. The van der Waals surface area contributed by atoms with Crippen LogP contribution in [0.2, 0.25) is 0 Å². The Bertz CT molecular complexity index is 444. The fraction of sp³-hybridized carbons (Fsp3) is 0.500. The topological polar surface area (TPSA) is 32.3 Å². The fourth-order valence-electron chi connectivity index (χ4n) is 2.40. The highest BCUT2D eigenvalue weighted by atomic mass is 16.2. The second-order valence-corrected chi connectivity index (χ2v) is 5.01. The predicted octanol–water partition coefficient (Wildman–Crippen LogP) is 2.22. The van der Waals surface area contributed by atoms with Gasteiger partial charge in [-0.25, -0.2) is 0 Å². The molecule has 0 saturated carbocycles. The fourth-order valence-corrected chi connectivity index (χ4v) is 2.40. The van der Waals surface area contributed by atoms with Gasteiger partial charge in [-0.2, -0.15) is 0 Å². The van der Waals surface area contributed by atoms with Crippen molar-refractivity contribution in [1.29, 1.82) is 0 Å². The molecule has 0 aromatic heterocycles. The first kappa shape index (κ1) is 12.1. The molecule has 1 aromatic rings. The molecule has 17 heavy (non-hydrogen) atoms. The number of carbonyl (C=O) groups excluding carboxylic acids is 1. The molecule has 1 heterocycles. The minimum absolute atomic E-state index is 0.00588. The van der Waals surface area contributed by atoms with E-state index in [-0.39, 0.29) is 12.1 Å². The summed E-state index contributed by atoms with van der Waals surface area (Å²) in [7, 11) is 1.87. The Hall–Kier alpha value is -1.35. The number of amides is 1. The third-order valence-electron chi connectivity index (χ3n) is 3.83. The Morgan fingerprint density at radius 1 is 1.41 bits per heavy atom. The van der Waals surface area contributed by atoms with Crippen LogP contribution in [0.25, 0.3) is 0 Å². The van der Waals surface area contributed by atoms with E-state index in [0.29, 0.717) is 0 Å². The second-order valence-electron chi connectivity index (χ2n) is 5.01. The van der Waals surface area contributed by atoms with Crippen LogP contribution in [-0.2, 0) is 4.79 Å². The molecule has 0 radical (unpaired) electrons. The number of carbonyl (C=O) groups is 1. The molecule has 0 aliphatic carbocycles. The van der Waals surface area contributed by atoms with E-state index in [4.69, 9.17) is 0 Å². The largest absolute Gasteiger partial charge is 0.324 e. The number of rotatable bonds is 2. The molecule has 0 bridgehead atoms. The van der Waals surface area contributed by atoms with Crippen molar-refractivity contribution in [2.75, 3.05) is 7.05 Å². The van der Waals surface area contributed by atoms with Gasteiger partial charge in [-0.3, -0.25) is 10.1 Å². The molecule has 3 heteroatoms. The molecule has 92 valence electrons. The van der Waals surface area contributed by atoms with Crippen molar-refractivity contribution < 1.29 is 4.79 Å². The zero-order valence-corrected chi connectivity index (χ0v) is 10.9. The van der Waals surface area contributed by atoms with Crippen LogP contribution in [0.1, 0.15) is 37.6 Å². The van der Waals surface area contributed by atoms with Crippen molar-refractivity contribution in [3.05, 3.63) is 35.4 Å². The summed E-state index contributed by atoms with van der Waals surface area (Å²) < 4.78 is 0. The van der Waals surface area contributed by atoms with Crippen LogP contribution in [0.4, 0.5) is 0 Å². The minimum Gasteiger partial charge on any atom is -0.324 e. The van der Waals surface area contributed by atoms with E-state index in [0.717, 1.165) is 6.42 Å². The SMILES string of the molecule is CCC1(C)NC(c2ccccc2C)N(C)C1=O. The predicted molar refractivity (Wildman–Crippen MR) is 68.5 cm³/mol. The summed E-state index contributed by atoms with van der Waals surface area (Å²) in [6, 6.07) is 8.20. The van der Waals surface area contributed by atoms with Crippen LogP contribution >= 0.6 is 0 Å². The van der Waals surface area contributed by atoms with Gasteiger partial charge in [-0.05, 0) is 31.4 Å². The lowest BCUT2D eigenvalue weighted by molar-refractivity contribution is -0.131. The highest BCUT2D eigenvalue weighted by molar-refractivity contribution is 5.88. The highest BCUT2D eigenvalue weighted by Crippen LogP contribution is 2.32. The molecular formula is C14H20N2O. The molecule has 1 saturated heterocycles. The van der Waals surface area contributed by atoms with Crippen molar-refractivity contribution in [2.45, 2.75) is 38.9 Å². The van der Waals surface area contributed by atoms with E-state index >= 15 is 0 Å². The summed E-state index contributed by atoms with van der Waals surface area (Å²) in [4.78, 5) is 14.0. The van der Waals surface area contributed by atoms with Gasteiger partial charge in [0.25, 0.3) is 0 Å². The van der Waals surface area contributed by atoms with Crippen molar-refractivity contribution >= 4 is 5.91 Å². The van der Waals surface area contributed by atoms with Crippen LogP contribution in [0.15, 0.2) is 24.3 Å². The van der Waals surface area contributed by atoms with E-state index < -0.39 is 5.54 Å². The van der Waals surface area contributed by atoms with Crippen LogP contribution in [0.3, 0.4) is 0 Å². The van der Waals surface area contributed by atoms with Gasteiger partial charge in [-0.1, -0.05) is 31.2 Å². The molecule has 0 spiro atoms. The highest BCUT2D eigenvalue weighted by Gasteiger charge is 2.45. The molecule has 3 nitrogen and oxygen atoms in total.